The highest BCUT2D eigenvalue weighted by molar-refractivity contribution is 7.88. The van der Waals surface area contributed by atoms with Crippen molar-refractivity contribution >= 4 is 15.9 Å². The van der Waals surface area contributed by atoms with Gasteiger partial charge in [0.2, 0.25) is 10.0 Å². The number of nitrogens with one attached hydrogen (secondary N) is 1. The second-order valence-electron chi connectivity index (χ2n) is 6.31. The highest BCUT2D eigenvalue weighted by Gasteiger charge is 2.24. The number of carbonyl (C=O) groups excluding carboxylic acids is 1. The fourth-order valence-electron chi connectivity index (χ4n) is 2.69. The van der Waals surface area contributed by atoms with E-state index in [2.05, 4.69) is 5.32 Å². The number of aryl methyl sites for hydroxylation is 2. The van der Waals surface area contributed by atoms with E-state index in [1.807, 2.05) is 26.0 Å². The third-order valence-corrected chi connectivity index (χ3v) is 5.59. The number of amides is 1. The summed E-state index contributed by atoms with van der Waals surface area (Å²) in [5.41, 5.74) is 2.77. The number of hydrogen-bond donors (Lipinski definition) is 1. The van der Waals surface area contributed by atoms with Crippen LogP contribution in [-0.2, 0) is 14.8 Å². The smallest absolute Gasteiger partial charge is 0.251 e. The number of rotatable bonds is 7. The minimum absolute atomic E-state index is 0.0461. The zero-order chi connectivity index (χ0) is 17.7. The van der Waals surface area contributed by atoms with Crippen LogP contribution >= 0.6 is 0 Å². The molecule has 0 bridgehead atoms. The van der Waals surface area contributed by atoms with Crippen LogP contribution < -0.4 is 5.32 Å². The molecule has 1 aliphatic rings. The Labute approximate surface area is 144 Å². The van der Waals surface area contributed by atoms with Crippen molar-refractivity contribution < 1.29 is 17.9 Å². The summed E-state index contributed by atoms with van der Waals surface area (Å²) in [6.07, 6.45) is 2.98. The molecule has 1 N–H and O–H groups in total. The molecule has 1 saturated heterocycles. The fourth-order valence-corrected chi connectivity index (χ4v) is 3.55. The zero-order valence-corrected chi connectivity index (χ0v) is 15.4. The van der Waals surface area contributed by atoms with Crippen molar-refractivity contribution in [2.24, 2.45) is 0 Å². The summed E-state index contributed by atoms with van der Waals surface area (Å²) in [6, 6.07) is 5.52. The molecule has 6 nitrogen and oxygen atoms in total. The molecule has 1 aromatic carbocycles. The summed E-state index contributed by atoms with van der Waals surface area (Å²) < 4.78 is 30.7. The molecule has 1 amide bonds. The average Bonchev–Trinajstić information content (AvgIpc) is 3.01. The van der Waals surface area contributed by atoms with Gasteiger partial charge >= 0.3 is 0 Å². The summed E-state index contributed by atoms with van der Waals surface area (Å²) in [6.45, 7) is 5.50. The molecule has 24 heavy (non-hydrogen) atoms. The molecule has 1 heterocycles. The molecule has 0 aliphatic carbocycles. The molecular weight excluding hydrogens is 328 g/mol. The normalized spacial score (nSPS) is 18.1. The van der Waals surface area contributed by atoms with Crippen molar-refractivity contribution in [1.82, 2.24) is 9.62 Å². The van der Waals surface area contributed by atoms with Crippen LogP contribution in [0.1, 0.15) is 34.3 Å². The van der Waals surface area contributed by atoms with E-state index in [4.69, 9.17) is 4.74 Å². The molecule has 134 valence electrons. The maximum absolute atomic E-state index is 12.2. The van der Waals surface area contributed by atoms with E-state index in [-0.39, 0.29) is 25.1 Å². The van der Waals surface area contributed by atoms with Gasteiger partial charge in [0.25, 0.3) is 5.91 Å². The van der Waals surface area contributed by atoms with Crippen LogP contribution in [-0.4, -0.2) is 57.2 Å². The van der Waals surface area contributed by atoms with Crippen LogP contribution in [0.3, 0.4) is 0 Å². The van der Waals surface area contributed by atoms with Gasteiger partial charge in [-0.1, -0.05) is 6.07 Å². The minimum Gasteiger partial charge on any atom is -0.377 e. The molecule has 2 rings (SSSR count). The highest BCUT2D eigenvalue weighted by atomic mass is 32.2. The highest BCUT2D eigenvalue weighted by Crippen LogP contribution is 2.14. The standard InChI is InChI=1S/C17H26N2O4S/c1-13-6-7-15(11-14(13)2)17(20)18-8-9-19(24(3,21)22)12-16-5-4-10-23-16/h6-7,11,16H,4-5,8-10,12H2,1-3H3,(H,18,20). The molecule has 0 saturated carbocycles. The Hall–Kier alpha value is -1.44. The van der Waals surface area contributed by atoms with Gasteiger partial charge < -0.3 is 10.1 Å². The number of carbonyl (C=O) groups is 1. The van der Waals surface area contributed by atoms with Crippen molar-refractivity contribution in [3.8, 4) is 0 Å². The van der Waals surface area contributed by atoms with E-state index in [0.29, 0.717) is 18.7 Å². The van der Waals surface area contributed by atoms with Crippen LogP contribution in [0.15, 0.2) is 18.2 Å². The van der Waals surface area contributed by atoms with Crippen molar-refractivity contribution in [2.45, 2.75) is 32.8 Å². The maximum atomic E-state index is 12.2. The number of benzene rings is 1. The summed E-state index contributed by atoms with van der Waals surface area (Å²) >= 11 is 0. The number of nitrogens with zero attached hydrogens (tertiary/aromatic N) is 1. The molecule has 1 aromatic rings. The third kappa shape index (κ3) is 5.29. The molecule has 7 heteroatoms. The van der Waals surface area contributed by atoms with Gasteiger partial charge in [-0.2, -0.15) is 4.31 Å². The van der Waals surface area contributed by atoms with E-state index in [1.165, 1.54) is 10.6 Å². The van der Waals surface area contributed by atoms with E-state index in [0.717, 1.165) is 24.0 Å². The van der Waals surface area contributed by atoms with Gasteiger partial charge in [0, 0.05) is 31.8 Å². The van der Waals surface area contributed by atoms with Crippen molar-refractivity contribution in [3.05, 3.63) is 34.9 Å². The molecule has 0 radical (unpaired) electrons. The first-order chi connectivity index (χ1) is 11.3. The van der Waals surface area contributed by atoms with Gasteiger partial charge in [0.05, 0.1) is 12.4 Å². The summed E-state index contributed by atoms with van der Waals surface area (Å²) in [5.74, 6) is -0.191. The lowest BCUT2D eigenvalue weighted by molar-refractivity contribution is 0.0911. The lowest BCUT2D eigenvalue weighted by atomic mass is 10.1. The first kappa shape index (κ1) is 18.9. The Morgan fingerprint density at radius 2 is 2.08 bits per heavy atom. The first-order valence-electron chi connectivity index (χ1n) is 8.19. The Bertz CT molecular complexity index is 682. The predicted molar refractivity (Wildman–Crippen MR) is 93.6 cm³/mol. The predicted octanol–water partition coefficient (Wildman–Crippen LogP) is 1.47. The van der Waals surface area contributed by atoms with Gasteiger partial charge in [0.1, 0.15) is 0 Å². The number of hydrogen-bond acceptors (Lipinski definition) is 4. The van der Waals surface area contributed by atoms with Gasteiger partial charge in [-0.05, 0) is 49.9 Å². The summed E-state index contributed by atoms with van der Waals surface area (Å²) in [7, 11) is -3.33. The third-order valence-electron chi connectivity index (χ3n) is 4.32. The van der Waals surface area contributed by atoms with Crippen molar-refractivity contribution in [1.29, 1.82) is 0 Å². The Morgan fingerprint density at radius 3 is 2.67 bits per heavy atom. The monoisotopic (exact) mass is 354 g/mol. The Kier molecular flexibility index (Phi) is 6.37. The largest absolute Gasteiger partial charge is 0.377 e. The van der Waals surface area contributed by atoms with Crippen LogP contribution in [0.4, 0.5) is 0 Å². The molecule has 1 unspecified atom stereocenters. The maximum Gasteiger partial charge on any atom is 0.251 e. The van der Waals surface area contributed by atoms with E-state index in [1.54, 1.807) is 6.07 Å². The molecule has 1 aliphatic heterocycles. The van der Waals surface area contributed by atoms with E-state index >= 15 is 0 Å². The SMILES string of the molecule is Cc1ccc(C(=O)NCCN(CC2CCCO2)S(C)(=O)=O)cc1C. The Balaban J connectivity index is 1.89. The number of ether oxygens (including phenoxy) is 1. The average molecular weight is 354 g/mol. The topological polar surface area (TPSA) is 75.7 Å². The minimum atomic E-state index is -3.33. The number of sulfonamides is 1. The molecule has 0 spiro atoms. The lowest BCUT2D eigenvalue weighted by Crippen LogP contribution is -2.41. The van der Waals surface area contributed by atoms with Gasteiger partial charge in [-0.15, -0.1) is 0 Å². The van der Waals surface area contributed by atoms with Crippen molar-refractivity contribution in [2.75, 3.05) is 32.5 Å². The molecule has 1 fully saturated rings. The second-order valence-corrected chi connectivity index (χ2v) is 8.29. The summed E-state index contributed by atoms with van der Waals surface area (Å²) in [4.78, 5) is 12.2. The lowest BCUT2D eigenvalue weighted by Gasteiger charge is -2.23. The molecular formula is C17H26N2O4S. The quantitative estimate of drug-likeness (QED) is 0.805. The van der Waals surface area contributed by atoms with Crippen LogP contribution in [0, 0.1) is 13.8 Å². The van der Waals surface area contributed by atoms with E-state index in [9.17, 15) is 13.2 Å². The Morgan fingerprint density at radius 1 is 1.33 bits per heavy atom. The van der Waals surface area contributed by atoms with Gasteiger partial charge in [-0.3, -0.25) is 4.79 Å². The van der Waals surface area contributed by atoms with Crippen molar-refractivity contribution in [3.63, 3.8) is 0 Å². The van der Waals surface area contributed by atoms with Gasteiger partial charge in [-0.25, -0.2) is 8.42 Å². The van der Waals surface area contributed by atoms with Crippen LogP contribution in [0.5, 0.6) is 0 Å². The van der Waals surface area contributed by atoms with Crippen LogP contribution in [0.25, 0.3) is 0 Å². The first-order valence-corrected chi connectivity index (χ1v) is 10.0. The van der Waals surface area contributed by atoms with Gasteiger partial charge in [0.15, 0.2) is 0 Å². The van der Waals surface area contributed by atoms with Crippen LogP contribution in [0.2, 0.25) is 0 Å². The molecule has 1 atom stereocenters. The molecule has 0 aromatic heterocycles. The fraction of sp³-hybridized carbons (Fsp3) is 0.588. The zero-order valence-electron chi connectivity index (χ0n) is 14.5. The summed E-state index contributed by atoms with van der Waals surface area (Å²) in [5, 5.41) is 2.79. The second kappa shape index (κ2) is 8.09. The van der Waals surface area contributed by atoms with E-state index < -0.39 is 10.0 Å².